The van der Waals surface area contributed by atoms with Crippen LogP contribution in [0.3, 0.4) is 0 Å². The Morgan fingerprint density at radius 1 is 1.60 bits per heavy atom. The summed E-state index contributed by atoms with van der Waals surface area (Å²) in [6.45, 7) is 1.81. The van der Waals surface area contributed by atoms with Crippen molar-refractivity contribution in [1.29, 1.82) is 5.26 Å². The van der Waals surface area contributed by atoms with Gasteiger partial charge >= 0.3 is 0 Å². The van der Waals surface area contributed by atoms with Gasteiger partial charge in [0.1, 0.15) is 0 Å². The van der Waals surface area contributed by atoms with Gasteiger partial charge in [0.25, 0.3) is 0 Å². The summed E-state index contributed by atoms with van der Waals surface area (Å²) in [6, 6.07) is 9.10. The molecule has 2 N–H and O–H groups in total. The molecule has 0 bridgehead atoms. The first-order chi connectivity index (χ1) is 9.57. The Morgan fingerprint density at radius 2 is 2.35 bits per heavy atom. The van der Waals surface area contributed by atoms with E-state index < -0.39 is 5.54 Å². The third-order valence-electron chi connectivity index (χ3n) is 3.66. The lowest BCUT2D eigenvalue weighted by Crippen LogP contribution is -2.50. The number of nitriles is 1. The van der Waals surface area contributed by atoms with Gasteiger partial charge in [0.2, 0.25) is 5.91 Å². The van der Waals surface area contributed by atoms with Gasteiger partial charge < -0.3 is 10.4 Å². The lowest BCUT2D eigenvalue weighted by molar-refractivity contribution is -0.119. The summed E-state index contributed by atoms with van der Waals surface area (Å²) in [4.78, 5) is 11.9. The summed E-state index contributed by atoms with van der Waals surface area (Å²) in [7, 11) is 0. The van der Waals surface area contributed by atoms with Gasteiger partial charge in [-0.15, -0.1) is 0 Å². The quantitative estimate of drug-likeness (QED) is 0.802. The van der Waals surface area contributed by atoms with E-state index in [1.165, 1.54) is 6.08 Å². The third-order valence-corrected chi connectivity index (χ3v) is 3.66. The number of nitrogens with one attached hydrogen (secondary N) is 1. The Balaban J connectivity index is 2.00. The van der Waals surface area contributed by atoms with Crippen LogP contribution in [0.2, 0.25) is 0 Å². The van der Waals surface area contributed by atoms with Crippen LogP contribution in [0.15, 0.2) is 30.3 Å². The highest BCUT2D eigenvalue weighted by atomic mass is 16.3. The van der Waals surface area contributed by atoms with Crippen molar-refractivity contribution < 1.29 is 9.90 Å². The van der Waals surface area contributed by atoms with Gasteiger partial charge in [0.15, 0.2) is 0 Å². The monoisotopic (exact) mass is 270 g/mol. The maximum absolute atomic E-state index is 11.9. The van der Waals surface area contributed by atoms with Crippen LogP contribution in [-0.4, -0.2) is 23.2 Å². The van der Waals surface area contributed by atoms with E-state index in [9.17, 15) is 9.90 Å². The summed E-state index contributed by atoms with van der Waals surface area (Å²) in [5.74, 6) is 0.141. The summed E-state index contributed by atoms with van der Waals surface area (Å²) >= 11 is 0. The molecule has 20 heavy (non-hydrogen) atoms. The molecule has 0 aromatic heterocycles. The Kier molecular flexibility index (Phi) is 4.21. The molecule has 1 aliphatic carbocycles. The fraction of sp³-hybridized carbons (Fsp3) is 0.375. The van der Waals surface area contributed by atoms with Gasteiger partial charge in [-0.1, -0.05) is 12.1 Å². The molecular weight excluding hydrogens is 252 g/mol. The number of carbonyl (C=O) groups is 1. The molecule has 0 aliphatic heterocycles. The number of amides is 1. The van der Waals surface area contributed by atoms with Crippen molar-refractivity contribution in [1.82, 2.24) is 5.32 Å². The minimum atomic E-state index is -0.532. The lowest BCUT2D eigenvalue weighted by Gasteiger charge is -2.28. The van der Waals surface area contributed by atoms with Crippen molar-refractivity contribution in [2.45, 2.75) is 25.3 Å². The van der Waals surface area contributed by atoms with Crippen molar-refractivity contribution in [2.24, 2.45) is 5.92 Å². The molecule has 104 valence electrons. The second-order valence-electron chi connectivity index (χ2n) is 5.41. The smallest absolute Gasteiger partial charge is 0.244 e. The fourth-order valence-electron chi connectivity index (χ4n) is 2.20. The standard InChI is InChI=1S/C16H18N2O2/c1-16(11-19,14-6-7-14)18-15(20)8-5-12-3-2-4-13(9-12)10-17/h2-5,8-9,14,19H,6-7,11H2,1H3,(H,18,20)/b8-5+. The maximum atomic E-state index is 11.9. The van der Waals surface area contributed by atoms with Crippen LogP contribution in [0.4, 0.5) is 0 Å². The summed E-state index contributed by atoms with van der Waals surface area (Å²) < 4.78 is 0. The lowest BCUT2D eigenvalue weighted by atomic mass is 9.97. The fourth-order valence-corrected chi connectivity index (χ4v) is 2.20. The molecule has 1 amide bonds. The van der Waals surface area contributed by atoms with Crippen molar-refractivity contribution in [3.05, 3.63) is 41.5 Å². The number of hydrogen-bond donors (Lipinski definition) is 2. The predicted octanol–water partition coefficient (Wildman–Crippen LogP) is 1.85. The van der Waals surface area contributed by atoms with Gasteiger partial charge in [0.05, 0.1) is 23.8 Å². The van der Waals surface area contributed by atoms with Crippen LogP contribution in [0, 0.1) is 17.2 Å². The van der Waals surface area contributed by atoms with E-state index in [0.717, 1.165) is 18.4 Å². The van der Waals surface area contributed by atoms with Crippen LogP contribution in [0.1, 0.15) is 30.9 Å². The van der Waals surface area contributed by atoms with Gasteiger partial charge in [-0.3, -0.25) is 4.79 Å². The largest absolute Gasteiger partial charge is 0.394 e. The first-order valence-corrected chi connectivity index (χ1v) is 6.68. The first kappa shape index (κ1) is 14.3. The molecule has 0 heterocycles. The third kappa shape index (κ3) is 3.46. The minimum Gasteiger partial charge on any atom is -0.394 e. The molecule has 1 aromatic rings. The topological polar surface area (TPSA) is 73.1 Å². The molecule has 0 spiro atoms. The van der Waals surface area contributed by atoms with Crippen LogP contribution in [0.5, 0.6) is 0 Å². The van der Waals surface area contributed by atoms with Crippen molar-refractivity contribution in [2.75, 3.05) is 6.61 Å². The van der Waals surface area contributed by atoms with E-state index in [1.807, 2.05) is 13.0 Å². The Hall–Kier alpha value is -2.12. The Bertz CT molecular complexity index is 570. The molecule has 4 heteroatoms. The predicted molar refractivity (Wildman–Crippen MR) is 76.5 cm³/mol. The molecule has 1 fully saturated rings. The van der Waals surface area contributed by atoms with E-state index >= 15 is 0 Å². The second-order valence-corrected chi connectivity index (χ2v) is 5.41. The van der Waals surface area contributed by atoms with E-state index in [4.69, 9.17) is 5.26 Å². The molecular formula is C16H18N2O2. The average molecular weight is 270 g/mol. The van der Waals surface area contributed by atoms with Gasteiger partial charge in [-0.25, -0.2) is 0 Å². The molecule has 1 unspecified atom stereocenters. The van der Waals surface area contributed by atoms with Gasteiger partial charge in [0, 0.05) is 6.08 Å². The SMILES string of the molecule is CC(CO)(NC(=O)/C=C/c1cccc(C#N)c1)C1CC1. The zero-order chi connectivity index (χ0) is 14.6. The summed E-state index contributed by atoms with van der Waals surface area (Å²) in [6.07, 6.45) is 5.20. The van der Waals surface area contributed by atoms with Crippen molar-refractivity contribution in [3.8, 4) is 6.07 Å². The molecule has 1 aromatic carbocycles. The molecule has 1 saturated carbocycles. The van der Waals surface area contributed by atoms with Crippen molar-refractivity contribution >= 4 is 12.0 Å². The van der Waals surface area contributed by atoms with Gasteiger partial charge in [-0.2, -0.15) is 5.26 Å². The van der Waals surface area contributed by atoms with Crippen LogP contribution >= 0.6 is 0 Å². The normalized spacial score (nSPS) is 17.4. The molecule has 1 aliphatic rings. The number of rotatable bonds is 5. The number of hydrogen-bond acceptors (Lipinski definition) is 3. The highest BCUT2D eigenvalue weighted by molar-refractivity contribution is 5.92. The van der Waals surface area contributed by atoms with E-state index in [0.29, 0.717) is 11.5 Å². The summed E-state index contributed by atoms with van der Waals surface area (Å²) in [5.41, 5.74) is 0.831. The highest BCUT2D eigenvalue weighted by Crippen LogP contribution is 2.39. The maximum Gasteiger partial charge on any atom is 0.244 e. The molecule has 0 radical (unpaired) electrons. The minimum absolute atomic E-state index is 0.0544. The molecule has 0 saturated heterocycles. The zero-order valence-corrected chi connectivity index (χ0v) is 11.5. The van der Waals surface area contributed by atoms with E-state index in [2.05, 4.69) is 11.4 Å². The molecule has 4 nitrogen and oxygen atoms in total. The summed E-state index contributed by atoms with van der Waals surface area (Å²) in [5, 5.41) is 21.1. The van der Waals surface area contributed by atoms with Crippen LogP contribution < -0.4 is 5.32 Å². The van der Waals surface area contributed by atoms with Crippen LogP contribution in [0.25, 0.3) is 6.08 Å². The number of benzene rings is 1. The number of nitrogens with zero attached hydrogens (tertiary/aromatic N) is 1. The van der Waals surface area contributed by atoms with Gasteiger partial charge in [-0.05, 0) is 49.5 Å². The molecule has 1 atom stereocenters. The number of carbonyl (C=O) groups excluding carboxylic acids is 1. The van der Waals surface area contributed by atoms with Crippen molar-refractivity contribution in [3.63, 3.8) is 0 Å². The Labute approximate surface area is 118 Å². The zero-order valence-electron chi connectivity index (χ0n) is 11.5. The average Bonchev–Trinajstić information content (AvgIpc) is 3.30. The van der Waals surface area contributed by atoms with E-state index in [-0.39, 0.29) is 12.5 Å². The highest BCUT2D eigenvalue weighted by Gasteiger charge is 2.41. The Morgan fingerprint density at radius 3 is 2.95 bits per heavy atom. The number of aliphatic hydroxyl groups excluding tert-OH is 1. The van der Waals surface area contributed by atoms with E-state index in [1.54, 1.807) is 24.3 Å². The number of aliphatic hydroxyl groups is 1. The van der Waals surface area contributed by atoms with Crippen LogP contribution in [-0.2, 0) is 4.79 Å². The second kappa shape index (κ2) is 5.89. The first-order valence-electron chi connectivity index (χ1n) is 6.68. The molecule has 2 rings (SSSR count).